The average molecular weight is 317 g/mol. The lowest BCUT2D eigenvalue weighted by molar-refractivity contribution is 0.271. The van der Waals surface area contributed by atoms with Gasteiger partial charge in [0.1, 0.15) is 0 Å². The molecule has 1 aromatic carbocycles. The van der Waals surface area contributed by atoms with Crippen LogP contribution in [0.25, 0.3) is 0 Å². The van der Waals surface area contributed by atoms with Gasteiger partial charge in [-0.2, -0.15) is 0 Å². The molecule has 4 unspecified atom stereocenters. The third-order valence-electron chi connectivity index (χ3n) is 3.49. The first-order chi connectivity index (χ1) is 8.76. The molecule has 100 valence electrons. The molecule has 1 aliphatic heterocycles. The second-order valence-electron chi connectivity index (χ2n) is 4.79. The Balaban J connectivity index is 2.30. The third kappa shape index (κ3) is 3.72. The van der Waals surface area contributed by atoms with Crippen LogP contribution in [-0.2, 0) is 13.0 Å². The number of rotatable bonds is 4. The molecular formula is C13H23NP4. The summed E-state index contributed by atoms with van der Waals surface area (Å²) in [6.07, 6.45) is 3.84. The number of nitrogens with zero attached hydrogens (tertiary/aromatic N) is 1. The Bertz CT molecular complexity index is 397. The van der Waals surface area contributed by atoms with E-state index in [0.29, 0.717) is 0 Å². The summed E-state index contributed by atoms with van der Waals surface area (Å²) in [5, 5.41) is 1.61. The molecule has 0 aromatic heterocycles. The van der Waals surface area contributed by atoms with Gasteiger partial charge < -0.3 is 0 Å². The van der Waals surface area contributed by atoms with E-state index in [-0.39, 0.29) is 7.30 Å². The van der Waals surface area contributed by atoms with E-state index in [2.05, 4.69) is 47.9 Å². The third-order valence-corrected chi connectivity index (χ3v) is 13.6. The van der Waals surface area contributed by atoms with E-state index in [0.717, 1.165) is 7.96 Å². The Morgan fingerprint density at radius 1 is 1.44 bits per heavy atom. The van der Waals surface area contributed by atoms with Crippen LogP contribution < -0.4 is 5.30 Å². The summed E-state index contributed by atoms with van der Waals surface area (Å²) in [5.74, 6) is 0. The van der Waals surface area contributed by atoms with Crippen LogP contribution in [0, 0.1) is 0 Å². The van der Waals surface area contributed by atoms with Gasteiger partial charge in [-0.1, -0.05) is 33.1 Å². The standard InChI is InChI=1S/C13H23NP4/c1-2-8-14-9-4-6-11-5-3-7-13(12(11)10-14)18(16)17-15/h3,5,7,17H,2,4,6,8-10,15-16H2,1H3. The number of aryl methyl sites for hydroxylation is 1. The zero-order chi connectivity index (χ0) is 13.0. The van der Waals surface area contributed by atoms with Crippen LogP contribution in [-0.4, -0.2) is 18.0 Å². The highest BCUT2D eigenvalue weighted by atomic mass is 32.6. The topological polar surface area (TPSA) is 3.24 Å². The van der Waals surface area contributed by atoms with Crippen molar-refractivity contribution in [2.45, 2.75) is 32.7 Å². The average Bonchev–Trinajstić information content (AvgIpc) is 2.59. The molecule has 0 aliphatic carbocycles. The molecule has 0 radical (unpaired) electrons. The molecule has 1 aromatic rings. The molecular weight excluding hydrogens is 294 g/mol. The molecule has 1 aliphatic rings. The molecule has 0 saturated heterocycles. The van der Waals surface area contributed by atoms with Gasteiger partial charge in [0.05, 0.1) is 0 Å². The number of hydrogen-bond donors (Lipinski definition) is 0. The minimum atomic E-state index is -0.0475. The summed E-state index contributed by atoms with van der Waals surface area (Å²) in [6.45, 7) is 5.96. The van der Waals surface area contributed by atoms with E-state index in [1.54, 1.807) is 16.4 Å². The van der Waals surface area contributed by atoms with Crippen molar-refractivity contribution in [1.82, 2.24) is 4.90 Å². The summed E-state index contributed by atoms with van der Waals surface area (Å²) in [5.41, 5.74) is 3.24. The lowest BCUT2D eigenvalue weighted by atomic mass is 10.0. The normalized spacial score (nSPS) is 18.8. The van der Waals surface area contributed by atoms with Gasteiger partial charge in [0.2, 0.25) is 0 Å². The minimum absolute atomic E-state index is 0.0475. The van der Waals surface area contributed by atoms with Gasteiger partial charge in [0.25, 0.3) is 0 Å². The van der Waals surface area contributed by atoms with Crippen LogP contribution in [0.1, 0.15) is 30.9 Å². The van der Waals surface area contributed by atoms with E-state index in [1.165, 1.54) is 38.9 Å². The molecule has 5 heteroatoms. The first kappa shape index (κ1) is 15.3. The Morgan fingerprint density at radius 2 is 2.28 bits per heavy atom. The minimum Gasteiger partial charge on any atom is -0.299 e. The van der Waals surface area contributed by atoms with E-state index in [4.69, 9.17) is 0 Å². The van der Waals surface area contributed by atoms with Crippen molar-refractivity contribution in [3.8, 4) is 0 Å². The maximum atomic E-state index is 3.07. The Hall–Kier alpha value is 0.900. The van der Waals surface area contributed by atoms with Crippen LogP contribution >= 0.6 is 33.1 Å². The van der Waals surface area contributed by atoms with Crippen molar-refractivity contribution in [2.75, 3.05) is 13.1 Å². The van der Waals surface area contributed by atoms with Crippen LogP contribution in [0.3, 0.4) is 0 Å². The van der Waals surface area contributed by atoms with Gasteiger partial charge in [-0.3, -0.25) is 4.90 Å². The number of hydrogen-bond acceptors (Lipinski definition) is 1. The quantitative estimate of drug-likeness (QED) is 0.755. The zero-order valence-electron chi connectivity index (χ0n) is 11.0. The first-order valence-corrected chi connectivity index (χ1v) is 13.2. The van der Waals surface area contributed by atoms with Crippen molar-refractivity contribution < 1.29 is 0 Å². The summed E-state index contributed by atoms with van der Waals surface area (Å²) in [7, 11) is 6.90. The van der Waals surface area contributed by atoms with E-state index >= 15 is 0 Å². The maximum absolute atomic E-state index is 3.07. The van der Waals surface area contributed by atoms with Crippen molar-refractivity contribution in [3.05, 3.63) is 29.3 Å². The van der Waals surface area contributed by atoms with E-state index in [1.807, 2.05) is 0 Å². The Kier molecular flexibility index (Phi) is 6.47. The van der Waals surface area contributed by atoms with Crippen molar-refractivity contribution in [1.29, 1.82) is 0 Å². The summed E-state index contributed by atoms with van der Waals surface area (Å²) in [6, 6.07) is 6.95. The molecule has 1 nitrogen and oxygen atoms in total. The van der Waals surface area contributed by atoms with Gasteiger partial charge >= 0.3 is 0 Å². The molecule has 18 heavy (non-hydrogen) atoms. The smallest absolute Gasteiger partial charge is 0.0243 e. The van der Waals surface area contributed by atoms with Gasteiger partial charge in [-0.05, 0) is 56.1 Å². The van der Waals surface area contributed by atoms with Crippen molar-refractivity contribution in [2.24, 2.45) is 0 Å². The molecule has 0 spiro atoms. The summed E-state index contributed by atoms with van der Waals surface area (Å²) in [4.78, 5) is 2.63. The highest BCUT2D eigenvalue weighted by molar-refractivity contribution is 8.63. The fraction of sp³-hybridized carbons (Fsp3) is 0.538. The fourth-order valence-electron chi connectivity index (χ4n) is 2.64. The molecule has 2 rings (SSSR count). The summed E-state index contributed by atoms with van der Waals surface area (Å²) < 4.78 is 0. The van der Waals surface area contributed by atoms with Gasteiger partial charge in [0, 0.05) is 6.54 Å². The predicted molar refractivity (Wildman–Crippen MR) is 94.6 cm³/mol. The molecule has 0 fully saturated rings. The van der Waals surface area contributed by atoms with E-state index < -0.39 is 0 Å². The van der Waals surface area contributed by atoms with Crippen LogP contribution in [0.2, 0.25) is 0 Å². The Labute approximate surface area is 118 Å². The molecule has 0 N–H and O–H groups in total. The van der Waals surface area contributed by atoms with Crippen LogP contribution in [0.15, 0.2) is 18.2 Å². The zero-order valence-corrected chi connectivity index (χ0v) is 15.2. The number of benzene rings is 1. The fourth-order valence-corrected chi connectivity index (χ4v) is 6.55. The van der Waals surface area contributed by atoms with E-state index in [9.17, 15) is 0 Å². The highest BCUT2D eigenvalue weighted by Gasteiger charge is 2.18. The number of fused-ring (bicyclic) bond motifs is 1. The molecule has 4 atom stereocenters. The SMILES string of the molecule is CCCN1CCCc2cccc(P(P)PP)c2C1. The monoisotopic (exact) mass is 317 g/mol. The largest absolute Gasteiger partial charge is 0.299 e. The van der Waals surface area contributed by atoms with Gasteiger partial charge in [0.15, 0.2) is 0 Å². The predicted octanol–water partition coefficient (Wildman–Crippen LogP) is 4.13. The molecule has 1 heterocycles. The lowest BCUT2D eigenvalue weighted by Gasteiger charge is -2.23. The van der Waals surface area contributed by atoms with Crippen molar-refractivity contribution in [3.63, 3.8) is 0 Å². The van der Waals surface area contributed by atoms with Gasteiger partial charge in [-0.25, -0.2) is 0 Å². The molecule has 0 amide bonds. The molecule has 0 saturated carbocycles. The van der Waals surface area contributed by atoms with Gasteiger partial charge in [-0.15, -0.1) is 17.9 Å². The second-order valence-corrected chi connectivity index (χ2v) is 13.9. The van der Waals surface area contributed by atoms with Crippen molar-refractivity contribution >= 4 is 38.4 Å². The summed E-state index contributed by atoms with van der Waals surface area (Å²) >= 11 is 0. The van der Waals surface area contributed by atoms with Crippen LogP contribution in [0.5, 0.6) is 0 Å². The van der Waals surface area contributed by atoms with Crippen LogP contribution in [0.4, 0.5) is 0 Å². The second kappa shape index (κ2) is 7.62. The lowest BCUT2D eigenvalue weighted by Crippen LogP contribution is -2.26. The molecule has 0 bridgehead atoms. The highest BCUT2D eigenvalue weighted by Crippen LogP contribution is 2.65. The maximum Gasteiger partial charge on any atom is 0.0243 e. The Morgan fingerprint density at radius 3 is 3.00 bits per heavy atom. The first-order valence-electron chi connectivity index (χ1n) is 6.60.